The highest BCUT2D eigenvalue weighted by molar-refractivity contribution is 7.72. The number of aliphatic hydroxyl groups is 2. The lowest BCUT2D eigenvalue weighted by Gasteiger charge is -2.28. The summed E-state index contributed by atoms with van der Waals surface area (Å²) < 4.78 is 42.3. The molecule has 160 valence electrons. The van der Waals surface area contributed by atoms with Crippen LogP contribution in [0.15, 0.2) is 0 Å². The molecular formula is C6H22N2O14P4. The van der Waals surface area contributed by atoms with E-state index in [4.69, 9.17) is 60.8 Å². The Morgan fingerprint density at radius 2 is 0.692 bits per heavy atom. The molecule has 0 spiro atoms. The lowest BCUT2D eigenvalue weighted by Crippen LogP contribution is -2.31. The van der Waals surface area contributed by atoms with E-state index in [0.717, 1.165) is 0 Å². The van der Waals surface area contributed by atoms with Gasteiger partial charge in [0.25, 0.3) is 10.2 Å². The van der Waals surface area contributed by atoms with Crippen LogP contribution in [-0.2, 0) is 18.3 Å². The minimum absolute atomic E-state index is 0.452. The van der Waals surface area contributed by atoms with Gasteiger partial charge in [0.05, 0.1) is 0 Å². The molecule has 0 saturated heterocycles. The summed E-state index contributed by atoms with van der Waals surface area (Å²) in [5, 5.41) is 11.4. The van der Waals surface area contributed by atoms with Gasteiger partial charge in [-0.1, -0.05) is 0 Å². The monoisotopic (exact) mass is 470 g/mol. The van der Waals surface area contributed by atoms with Crippen LogP contribution in [-0.4, -0.2) is 72.6 Å². The fourth-order valence-electron chi connectivity index (χ4n) is 1.31. The third-order valence-electron chi connectivity index (χ3n) is 2.83. The topological polar surface area (TPSA) is 323 Å². The van der Waals surface area contributed by atoms with E-state index < -0.39 is 66.5 Å². The maximum absolute atomic E-state index is 10.6. The van der Waals surface area contributed by atoms with Gasteiger partial charge in [-0.3, -0.25) is 18.3 Å². The highest BCUT2D eigenvalue weighted by Gasteiger charge is 2.59. The first-order valence-electron chi connectivity index (χ1n) is 6.20. The average molecular weight is 470 g/mol. The van der Waals surface area contributed by atoms with Gasteiger partial charge in [0, 0.05) is 12.8 Å². The van der Waals surface area contributed by atoms with Gasteiger partial charge in [0.2, 0.25) is 0 Å². The Labute approximate surface area is 146 Å². The van der Waals surface area contributed by atoms with Gasteiger partial charge in [0.1, 0.15) is 0 Å². The molecule has 0 bridgehead atoms. The van der Waals surface area contributed by atoms with Crippen LogP contribution in [0.4, 0.5) is 0 Å². The first-order chi connectivity index (χ1) is 11.1. The zero-order valence-corrected chi connectivity index (χ0v) is 16.5. The second kappa shape index (κ2) is 9.29. The van der Waals surface area contributed by atoms with Crippen LogP contribution < -0.4 is 11.5 Å². The van der Waals surface area contributed by atoms with Crippen LogP contribution in [0.3, 0.4) is 0 Å². The normalized spacial score (nSPS) is 14.6. The van der Waals surface area contributed by atoms with Gasteiger partial charge in [-0.15, -0.1) is 0 Å². The van der Waals surface area contributed by atoms with Crippen molar-refractivity contribution in [2.75, 3.05) is 13.1 Å². The maximum Gasteiger partial charge on any atom is 0.369 e. The van der Waals surface area contributed by atoms with E-state index in [1.165, 1.54) is 0 Å². The molecule has 0 unspecified atom stereocenters. The molecule has 0 amide bonds. The SMILES string of the molecule is NCCC(O)(P(=O)(O)O)P(=O)(O)O.NCCC(O)(P(=O)(O)O)P(=O)(O)O. The minimum atomic E-state index is -5.31. The molecule has 16 nitrogen and oxygen atoms in total. The lowest BCUT2D eigenvalue weighted by molar-refractivity contribution is 0.125. The zero-order chi connectivity index (χ0) is 21.8. The molecule has 0 atom stereocenters. The molecule has 0 aromatic carbocycles. The Balaban J connectivity index is 0. The highest BCUT2D eigenvalue weighted by Crippen LogP contribution is 2.69. The largest absolute Gasteiger partial charge is 0.369 e. The van der Waals surface area contributed by atoms with Crippen molar-refractivity contribution in [2.24, 2.45) is 11.5 Å². The minimum Gasteiger partial charge on any atom is -0.367 e. The number of rotatable bonds is 8. The van der Waals surface area contributed by atoms with Crippen molar-refractivity contribution in [3.05, 3.63) is 0 Å². The number of nitrogens with two attached hydrogens (primary N) is 2. The lowest BCUT2D eigenvalue weighted by atomic mass is 10.5. The molecule has 20 heteroatoms. The Bertz CT molecular complexity index is 542. The van der Waals surface area contributed by atoms with Crippen molar-refractivity contribution in [2.45, 2.75) is 23.0 Å². The fraction of sp³-hybridized carbons (Fsp3) is 1.00. The molecule has 0 heterocycles. The van der Waals surface area contributed by atoms with Crippen molar-refractivity contribution < 1.29 is 67.6 Å². The molecule has 0 aromatic heterocycles. The summed E-state index contributed by atoms with van der Waals surface area (Å²) in [6.45, 7) is -0.903. The summed E-state index contributed by atoms with van der Waals surface area (Å²) in [6, 6.07) is 0. The Hall–Kier alpha value is 0.440. The summed E-state index contributed by atoms with van der Waals surface area (Å²) in [5.74, 6) is 0. The molecule has 14 N–H and O–H groups in total. The third-order valence-corrected chi connectivity index (χ3v) is 10.6. The van der Waals surface area contributed by atoms with Gasteiger partial charge in [-0.25, -0.2) is 0 Å². The van der Waals surface area contributed by atoms with Crippen LogP contribution in [0, 0.1) is 0 Å². The smallest absolute Gasteiger partial charge is 0.367 e. The molecule has 0 aromatic rings. The summed E-state index contributed by atoms with van der Waals surface area (Å²) in [6.07, 6.45) is -1.75. The molecule has 0 aliphatic heterocycles. The second-order valence-corrected chi connectivity index (χ2v) is 12.8. The van der Waals surface area contributed by atoms with E-state index in [0.29, 0.717) is 0 Å². The standard InChI is InChI=1S/2C3H11NO7P2/c2*4-2-1-3(5,12(6,7)8)13(9,10)11/h2*5H,1-2,4H2,(H2,6,7,8)(H2,9,10,11). The fourth-order valence-corrected chi connectivity index (χ4v) is 5.71. The molecule has 0 rings (SSSR count). The zero-order valence-electron chi connectivity index (χ0n) is 12.9. The van der Waals surface area contributed by atoms with Crippen LogP contribution >= 0.6 is 30.4 Å². The summed E-state index contributed by atoms with van der Waals surface area (Å²) >= 11 is 0. The Morgan fingerprint density at radius 3 is 0.731 bits per heavy atom. The predicted octanol–water partition coefficient (Wildman–Crippen LogP) is -3.33. The van der Waals surface area contributed by atoms with Crippen molar-refractivity contribution >= 4 is 30.4 Å². The third kappa shape index (κ3) is 6.80. The van der Waals surface area contributed by atoms with E-state index in [2.05, 4.69) is 0 Å². The van der Waals surface area contributed by atoms with E-state index >= 15 is 0 Å². The van der Waals surface area contributed by atoms with Gasteiger partial charge in [-0.2, -0.15) is 0 Å². The van der Waals surface area contributed by atoms with Gasteiger partial charge in [-0.05, 0) is 13.1 Å². The maximum atomic E-state index is 10.6. The van der Waals surface area contributed by atoms with E-state index in [-0.39, 0.29) is 0 Å². The quantitative estimate of drug-likeness (QED) is 0.154. The van der Waals surface area contributed by atoms with Gasteiger partial charge >= 0.3 is 30.4 Å². The van der Waals surface area contributed by atoms with Gasteiger partial charge < -0.3 is 60.8 Å². The first kappa shape index (κ1) is 28.6. The molecule has 0 aliphatic carbocycles. The highest BCUT2D eigenvalue weighted by atomic mass is 31.2. The van der Waals surface area contributed by atoms with E-state index in [1.54, 1.807) is 0 Å². The molecular weight excluding hydrogens is 448 g/mol. The summed E-state index contributed by atoms with van der Waals surface area (Å²) in [5.41, 5.74) is 9.72. The number of hydrogen-bond acceptors (Lipinski definition) is 8. The van der Waals surface area contributed by atoms with Crippen molar-refractivity contribution in [3.63, 3.8) is 0 Å². The Morgan fingerprint density at radius 1 is 0.538 bits per heavy atom. The van der Waals surface area contributed by atoms with Crippen LogP contribution in [0.2, 0.25) is 0 Å². The molecule has 0 radical (unpaired) electrons. The van der Waals surface area contributed by atoms with Crippen molar-refractivity contribution in [3.8, 4) is 0 Å². The average Bonchev–Trinajstić information content (AvgIpc) is 2.34. The second-order valence-electron chi connectivity index (χ2n) is 4.80. The molecule has 0 aliphatic rings. The van der Waals surface area contributed by atoms with Crippen LogP contribution in [0.5, 0.6) is 0 Å². The summed E-state index contributed by atoms with van der Waals surface area (Å²) in [4.78, 5) is 68.1. The van der Waals surface area contributed by atoms with Crippen molar-refractivity contribution in [1.29, 1.82) is 0 Å². The van der Waals surface area contributed by atoms with E-state index in [9.17, 15) is 18.3 Å². The number of hydrogen-bond donors (Lipinski definition) is 12. The predicted molar refractivity (Wildman–Crippen MR) is 85.4 cm³/mol. The first-order valence-corrected chi connectivity index (χ1v) is 12.6. The van der Waals surface area contributed by atoms with E-state index in [1.807, 2.05) is 0 Å². The van der Waals surface area contributed by atoms with Crippen LogP contribution in [0.25, 0.3) is 0 Å². The molecule has 0 fully saturated rings. The summed E-state index contributed by atoms with van der Waals surface area (Å²) in [7, 11) is -21.3. The molecule has 26 heavy (non-hydrogen) atoms. The van der Waals surface area contributed by atoms with Crippen molar-refractivity contribution in [1.82, 2.24) is 0 Å². The Kier molecular flexibility index (Phi) is 10.2. The van der Waals surface area contributed by atoms with Crippen LogP contribution in [0.1, 0.15) is 12.8 Å². The molecule has 0 saturated carbocycles. The van der Waals surface area contributed by atoms with Gasteiger partial charge in [0.15, 0.2) is 0 Å².